The first-order valence-corrected chi connectivity index (χ1v) is 5.79. The summed E-state index contributed by atoms with van der Waals surface area (Å²) in [5.74, 6) is 0.615. The van der Waals surface area contributed by atoms with Crippen LogP contribution in [0.5, 0.6) is 0 Å². The molecule has 0 unspecified atom stereocenters. The van der Waals surface area contributed by atoms with Crippen molar-refractivity contribution in [1.29, 1.82) is 0 Å². The Bertz CT molecular complexity index is 210. The quantitative estimate of drug-likeness (QED) is 0.790. The van der Waals surface area contributed by atoms with Gasteiger partial charge in [-0.25, -0.2) is 0 Å². The topological polar surface area (TPSA) is 32.3 Å². The number of hydrogen-bond acceptors (Lipinski definition) is 2. The zero-order chi connectivity index (χ0) is 12.2. The summed E-state index contributed by atoms with van der Waals surface area (Å²) < 4.78 is 36.0. The van der Waals surface area contributed by atoms with E-state index in [9.17, 15) is 18.3 Å². The summed E-state index contributed by atoms with van der Waals surface area (Å²) >= 11 is 0. The highest BCUT2D eigenvalue weighted by molar-refractivity contribution is 4.91. The zero-order valence-corrected chi connectivity index (χ0v) is 9.61. The summed E-state index contributed by atoms with van der Waals surface area (Å²) in [6, 6.07) is 0. The second-order valence-electron chi connectivity index (χ2n) is 4.91. The molecule has 2 nitrogen and oxygen atoms in total. The van der Waals surface area contributed by atoms with Gasteiger partial charge in [0.15, 0.2) is 0 Å². The Morgan fingerprint density at radius 2 is 1.88 bits per heavy atom. The van der Waals surface area contributed by atoms with Crippen LogP contribution in [-0.2, 0) is 0 Å². The molecule has 0 heterocycles. The maximum atomic E-state index is 12.0. The maximum absolute atomic E-state index is 12.0. The van der Waals surface area contributed by atoms with E-state index in [0.717, 1.165) is 25.7 Å². The van der Waals surface area contributed by atoms with E-state index in [1.54, 1.807) is 0 Å². The van der Waals surface area contributed by atoms with Gasteiger partial charge in [-0.3, -0.25) is 0 Å². The minimum absolute atomic E-state index is 0.0718. The van der Waals surface area contributed by atoms with E-state index in [2.05, 4.69) is 12.2 Å². The van der Waals surface area contributed by atoms with E-state index in [1.165, 1.54) is 0 Å². The molecule has 0 bridgehead atoms. The molecule has 2 N–H and O–H groups in total. The van der Waals surface area contributed by atoms with Crippen molar-refractivity contribution in [2.45, 2.75) is 50.7 Å². The van der Waals surface area contributed by atoms with Crippen LogP contribution >= 0.6 is 0 Å². The van der Waals surface area contributed by atoms with Crippen molar-refractivity contribution in [3.63, 3.8) is 0 Å². The lowest BCUT2D eigenvalue weighted by Gasteiger charge is -2.39. The molecule has 1 rings (SSSR count). The molecule has 0 atom stereocenters. The van der Waals surface area contributed by atoms with E-state index < -0.39 is 18.1 Å². The molecule has 5 heteroatoms. The van der Waals surface area contributed by atoms with Crippen LogP contribution in [0.15, 0.2) is 0 Å². The summed E-state index contributed by atoms with van der Waals surface area (Å²) in [6.45, 7) is 1.97. The molecule has 0 spiro atoms. The molecule has 0 aromatic rings. The highest BCUT2D eigenvalue weighted by atomic mass is 19.4. The predicted octanol–water partition coefficient (Wildman–Crippen LogP) is 2.47. The Balaban J connectivity index is 2.36. The number of hydrogen-bond donors (Lipinski definition) is 2. The average Bonchev–Trinajstić information content (AvgIpc) is 2.20. The first-order valence-electron chi connectivity index (χ1n) is 5.79. The van der Waals surface area contributed by atoms with E-state index >= 15 is 0 Å². The van der Waals surface area contributed by atoms with Crippen LogP contribution in [0.25, 0.3) is 0 Å². The van der Waals surface area contributed by atoms with Crippen LogP contribution in [0.4, 0.5) is 13.2 Å². The van der Waals surface area contributed by atoms with E-state index in [-0.39, 0.29) is 13.2 Å². The average molecular weight is 239 g/mol. The van der Waals surface area contributed by atoms with Crippen LogP contribution in [0.2, 0.25) is 0 Å². The molecular formula is C11H20F3NO. The standard InChI is InChI=1S/C11H20F3NO/c1-9-2-4-10(8-16,5-3-9)15-7-6-11(12,13)14/h9,15-16H,2-8H2,1H3. The zero-order valence-electron chi connectivity index (χ0n) is 9.61. The number of alkyl halides is 3. The number of nitrogens with one attached hydrogen (secondary N) is 1. The van der Waals surface area contributed by atoms with Gasteiger partial charge in [-0.05, 0) is 31.6 Å². The molecule has 0 saturated heterocycles. The predicted molar refractivity (Wildman–Crippen MR) is 56.1 cm³/mol. The number of aliphatic hydroxyl groups is 1. The lowest BCUT2D eigenvalue weighted by molar-refractivity contribution is -0.134. The SMILES string of the molecule is CC1CCC(CO)(NCCC(F)(F)F)CC1. The van der Waals surface area contributed by atoms with Crippen LogP contribution in [0.1, 0.15) is 39.0 Å². The monoisotopic (exact) mass is 239 g/mol. The summed E-state index contributed by atoms with van der Waals surface area (Å²) in [6.07, 6.45) is -1.47. The third-order valence-electron chi connectivity index (χ3n) is 3.44. The third kappa shape index (κ3) is 4.29. The van der Waals surface area contributed by atoms with Crippen LogP contribution in [-0.4, -0.2) is 30.0 Å². The van der Waals surface area contributed by atoms with Crippen molar-refractivity contribution in [3.05, 3.63) is 0 Å². The minimum atomic E-state index is -4.12. The normalized spacial score (nSPS) is 31.7. The smallest absolute Gasteiger partial charge is 0.390 e. The first kappa shape index (κ1) is 13.8. The maximum Gasteiger partial charge on any atom is 0.390 e. The Kier molecular flexibility index (Phi) is 4.62. The molecule has 1 fully saturated rings. The highest BCUT2D eigenvalue weighted by Gasteiger charge is 2.34. The molecule has 0 aliphatic heterocycles. The van der Waals surface area contributed by atoms with Crippen LogP contribution in [0, 0.1) is 5.92 Å². The van der Waals surface area contributed by atoms with Crippen molar-refractivity contribution < 1.29 is 18.3 Å². The number of aliphatic hydroxyl groups excluding tert-OH is 1. The molecule has 0 aromatic carbocycles. The minimum Gasteiger partial charge on any atom is -0.394 e. The van der Waals surface area contributed by atoms with Crippen LogP contribution < -0.4 is 5.32 Å². The molecule has 0 aromatic heterocycles. The lowest BCUT2D eigenvalue weighted by atomic mass is 9.77. The largest absolute Gasteiger partial charge is 0.394 e. The molecule has 96 valence electrons. The third-order valence-corrected chi connectivity index (χ3v) is 3.44. The summed E-state index contributed by atoms with van der Waals surface area (Å²) in [4.78, 5) is 0. The van der Waals surface area contributed by atoms with Gasteiger partial charge in [0.1, 0.15) is 0 Å². The molecule has 0 amide bonds. The first-order chi connectivity index (χ1) is 7.37. The molecule has 16 heavy (non-hydrogen) atoms. The number of rotatable bonds is 4. The highest BCUT2D eigenvalue weighted by Crippen LogP contribution is 2.31. The molecule has 0 radical (unpaired) electrons. The molecule has 1 aliphatic carbocycles. The van der Waals surface area contributed by atoms with Gasteiger partial charge in [0.05, 0.1) is 13.0 Å². The summed E-state index contributed by atoms with van der Waals surface area (Å²) in [5.41, 5.74) is -0.474. The summed E-state index contributed by atoms with van der Waals surface area (Å²) in [7, 11) is 0. The van der Waals surface area contributed by atoms with Gasteiger partial charge in [-0.2, -0.15) is 13.2 Å². The summed E-state index contributed by atoms with van der Waals surface area (Å²) in [5, 5.41) is 12.2. The van der Waals surface area contributed by atoms with Gasteiger partial charge < -0.3 is 10.4 Å². The van der Waals surface area contributed by atoms with Gasteiger partial charge in [0, 0.05) is 12.1 Å². The van der Waals surface area contributed by atoms with E-state index in [4.69, 9.17) is 0 Å². The lowest BCUT2D eigenvalue weighted by Crippen LogP contribution is -2.51. The molecular weight excluding hydrogens is 219 g/mol. The Hall–Kier alpha value is -0.290. The van der Waals surface area contributed by atoms with Crippen molar-refractivity contribution in [2.75, 3.05) is 13.2 Å². The van der Waals surface area contributed by atoms with E-state index in [0.29, 0.717) is 5.92 Å². The number of halogens is 3. The Morgan fingerprint density at radius 3 is 2.31 bits per heavy atom. The van der Waals surface area contributed by atoms with Gasteiger partial charge in [0.25, 0.3) is 0 Å². The Labute approximate surface area is 94.2 Å². The Morgan fingerprint density at radius 1 is 1.31 bits per heavy atom. The molecule has 1 aliphatic rings. The second kappa shape index (κ2) is 5.36. The van der Waals surface area contributed by atoms with Crippen molar-refractivity contribution in [2.24, 2.45) is 5.92 Å². The van der Waals surface area contributed by atoms with Gasteiger partial charge in [0.2, 0.25) is 0 Å². The molecule has 1 saturated carbocycles. The van der Waals surface area contributed by atoms with Gasteiger partial charge >= 0.3 is 6.18 Å². The van der Waals surface area contributed by atoms with Crippen molar-refractivity contribution in [1.82, 2.24) is 5.32 Å². The fourth-order valence-electron chi connectivity index (χ4n) is 2.17. The van der Waals surface area contributed by atoms with E-state index in [1.807, 2.05) is 0 Å². The van der Waals surface area contributed by atoms with Crippen LogP contribution in [0.3, 0.4) is 0 Å². The van der Waals surface area contributed by atoms with Crippen molar-refractivity contribution in [3.8, 4) is 0 Å². The fraction of sp³-hybridized carbons (Fsp3) is 1.00. The second-order valence-corrected chi connectivity index (χ2v) is 4.91. The van der Waals surface area contributed by atoms with Gasteiger partial charge in [-0.1, -0.05) is 6.92 Å². The van der Waals surface area contributed by atoms with Gasteiger partial charge in [-0.15, -0.1) is 0 Å². The van der Waals surface area contributed by atoms with Crippen molar-refractivity contribution >= 4 is 0 Å². The fourth-order valence-corrected chi connectivity index (χ4v) is 2.17.